The molecule has 6 rings (SSSR count). The van der Waals surface area contributed by atoms with Gasteiger partial charge in [-0.2, -0.15) is 20.1 Å². The first-order valence-corrected chi connectivity index (χ1v) is 14.8. The minimum atomic E-state index is 0.396. The number of nitrogens with one attached hydrogen (secondary N) is 2. The van der Waals surface area contributed by atoms with Gasteiger partial charge in [0.25, 0.3) is 0 Å². The summed E-state index contributed by atoms with van der Waals surface area (Å²) in [6.07, 6.45) is 6.18. The first-order valence-electron chi connectivity index (χ1n) is 14.4. The second-order valence-corrected chi connectivity index (χ2v) is 11.5. The van der Waals surface area contributed by atoms with Gasteiger partial charge in [0.1, 0.15) is 0 Å². The lowest BCUT2D eigenvalue weighted by atomic mass is 10.00. The van der Waals surface area contributed by atoms with E-state index in [4.69, 9.17) is 21.6 Å². The van der Waals surface area contributed by atoms with E-state index in [9.17, 15) is 0 Å². The van der Waals surface area contributed by atoms with Gasteiger partial charge in [-0.05, 0) is 73.6 Å². The van der Waals surface area contributed by atoms with Crippen LogP contribution >= 0.6 is 11.6 Å². The third-order valence-corrected chi connectivity index (χ3v) is 8.25. The quantitative estimate of drug-likeness (QED) is 0.146. The number of hydrogen-bond donors (Lipinski definition) is 2. The van der Waals surface area contributed by atoms with Crippen molar-refractivity contribution in [3.05, 3.63) is 100 Å². The van der Waals surface area contributed by atoms with Gasteiger partial charge in [-0.1, -0.05) is 61.0 Å². The van der Waals surface area contributed by atoms with Gasteiger partial charge in [0.05, 0.1) is 6.21 Å². The zero-order valence-electron chi connectivity index (χ0n) is 24.2. The molecule has 0 atom stereocenters. The largest absolute Gasteiger partial charge is 0.342 e. The van der Waals surface area contributed by atoms with Crippen molar-refractivity contribution in [3.63, 3.8) is 0 Å². The van der Waals surface area contributed by atoms with Crippen molar-refractivity contribution in [2.24, 2.45) is 11.0 Å². The van der Waals surface area contributed by atoms with Crippen LogP contribution in [0.15, 0.2) is 78.0 Å². The summed E-state index contributed by atoms with van der Waals surface area (Å²) in [6.45, 7) is 9.07. The van der Waals surface area contributed by atoms with Crippen LogP contribution in [0.25, 0.3) is 10.9 Å². The predicted molar refractivity (Wildman–Crippen MR) is 173 cm³/mol. The first kappa shape index (κ1) is 27.7. The molecule has 42 heavy (non-hydrogen) atoms. The minimum absolute atomic E-state index is 0.396. The van der Waals surface area contributed by atoms with Crippen molar-refractivity contribution in [2.45, 2.75) is 40.2 Å². The lowest BCUT2D eigenvalue weighted by Gasteiger charge is -2.30. The molecule has 0 amide bonds. The number of anilines is 4. The number of para-hydroxylation sites is 1. The van der Waals surface area contributed by atoms with Gasteiger partial charge in [-0.15, -0.1) is 0 Å². The fourth-order valence-corrected chi connectivity index (χ4v) is 5.41. The van der Waals surface area contributed by atoms with Gasteiger partial charge in [-0.25, -0.2) is 5.43 Å². The lowest BCUT2D eigenvalue weighted by molar-refractivity contribution is 0.434. The second kappa shape index (κ2) is 12.2. The third kappa shape index (κ3) is 6.24. The summed E-state index contributed by atoms with van der Waals surface area (Å²) < 4.78 is 2.23. The molecule has 0 radical (unpaired) electrons. The Labute approximate surface area is 251 Å². The summed E-state index contributed by atoms with van der Waals surface area (Å²) in [6, 6.07) is 22.5. The average molecular weight is 579 g/mol. The van der Waals surface area contributed by atoms with E-state index in [2.05, 4.69) is 93.7 Å². The average Bonchev–Trinajstić information content (AvgIpc) is 3.34. The predicted octanol–water partition coefficient (Wildman–Crippen LogP) is 7.57. The van der Waals surface area contributed by atoms with Gasteiger partial charge in [0.15, 0.2) is 0 Å². The maximum atomic E-state index is 6.09. The fourth-order valence-electron chi connectivity index (χ4n) is 5.28. The van der Waals surface area contributed by atoms with Crippen LogP contribution in [0.4, 0.5) is 23.5 Å². The second-order valence-electron chi connectivity index (χ2n) is 11.1. The topological polar surface area (TPSA) is 83.3 Å². The van der Waals surface area contributed by atoms with Crippen LogP contribution in [-0.4, -0.2) is 38.8 Å². The molecule has 0 unspecified atom stereocenters. The van der Waals surface area contributed by atoms with E-state index < -0.39 is 0 Å². The van der Waals surface area contributed by atoms with Crippen LogP contribution < -0.4 is 15.6 Å². The van der Waals surface area contributed by atoms with Gasteiger partial charge in [0, 0.05) is 53.0 Å². The van der Waals surface area contributed by atoms with Crippen LogP contribution in [0.3, 0.4) is 0 Å². The van der Waals surface area contributed by atoms with E-state index in [-0.39, 0.29) is 0 Å². The molecule has 2 N–H and O–H groups in total. The number of aryl methyl sites for hydroxylation is 1. The van der Waals surface area contributed by atoms with Crippen LogP contribution in [0, 0.1) is 19.8 Å². The Morgan fingerprint density at radius 2 is 1.69 bits per heavy atom. The van der Waals surface area contributed by atoms with E-state index in [1.54, 1.807) is 0 Å². The number of piperidine rings is 1. The normalized spacial score (nSPS) is 14.1. The van der Waals surface area contributed by atoms with E-state index >= 15 is 0 Å². The third-order valence-electron chi connectivity index (χ3n) is 7.99. The van der Waals surface area contributed by atoms with Crippen LogP contribution in [0.1, 0.15) is 42.0 Å². The summed E-state index contributed by atoms with van der Waals surface area (Å²) >= 11 is 6.09. The standard InChI is InChI=1S/C33H35ClN8/c1-22-15-17-41(18-16-22)33-38-31(36-29-9-6-7-23(2)24(29)3)37-32(39-33)40-35-19-26-21-42(30-10-5-4-8-28(26)30)20-25-11-13-27(34)14-12-25/h4-14,19,21-22H,15-18,20H2,1-3H3,(H2,36,37,38,39,40)/b35-19+. The van der Waals surface area contributed by atoms with Gasteiger partial charge >= 0.3 is 0 Å². The number of nitrogens with zero attached hydrogens (tertiary/aromatic N) is 6. The van der Waals surface area contributed by atoms with Crippen molar-refractivity contribution in [1.82, 2.24) is 19.5 Å². The molecule has 8 nitrogen and oxygen atoms in total. The van der Waals surface area contributed by atoms with E-state index in [1.807, 2.05) is 36.5 Å². The SMILES string of the molecule is Cc1cccc(Nc2nc(N/N=C/c3cn(Cc4ccc(Cl)cc4)c4ccccc34)nc(N3CCC(C)CC3)n2)c1C. The zero-order chi connectivity index (χ0) is 29.1. The van der Waals surface area contributed by atoms with Crippen molar-refractivity contribution < 1.29 is 0 Å². The number of benzene rings is 3. The first-order chi connectivity index (χ1) is 20.4. The van der Waals surface area contributed by atoms with Crippen LogP contribution in [0.2, 0.25) is 5.02 Å². The van der Waals surface area contributed by atoms with Crippen molar-refractivity contribution >= 4 is 52.3 Å². The Balaban J connectivity index is 1.27. The van der Waals surface area contributed by atoms with E-state index in [0.29, 0.717) is 23.8 Å². The highest BCUT2D eigenvalue weighted by atomic mass is 35.5. The molecular formula is C33H35ClN8. The smallest absolute Gasteiger partial charge is 0.250 e. The molecule has 1 saturated heterocycles. The number of hydrazone groups is 1. The molecule has 0 spiro atoms. The number of aromatic nitrogens is 4. The summed E-state index contributed by atoms with van der Waals surface area (Å²) in [4.78, 5) is 16.4. The summed E-state index contributed by atoms with van der Waals surface area (Å²) in [7, 11) is 0. The lowest BCUT2D eigenvalue weighted by Crippen LogP contribution is -2.34. The highest BCUT2D eigenvalue weighted by Gasteiger charge is 2.20. The van der Waals surface area contributed by atoms with Gasteiger partial charge < -0.3 is 14.8 Å². The maximum absolute atomic E-state index is 6.09. The van der Waals surface area contributed by atoms with Crippen LogP contribution in [-0.2, 0) is 6.54 Å². The van der Waals surface area contributed by atoms with Gasteiger partial charge in [0.2, 0.25) is 17.8 Å². The Morgan fingerprint density at radius 1 is 0.929 bits per heavy atom. The number of halogens is 1. The van der Waals surface area contributed by atoms with Crippen LogP contribution in [0.5, 0.6) is 0 Å². The zero-order valence-corrected chi connectivity index (χ0v) is 24.9. The molecule has 3 heterocycles. The molecular weight excluding hydrogens is 544 g/mol. The molecule has 0 aliphatic carbocycles. The molecule has 3 aromatic carbocycles. The molecule has 214 valence electrons. The fraction of sp³-hybridized carbons (Fsp3) is 0.273. The molecule has 1 aliphatic heterocycles. The maximum Gasteiger partial charge on any atom is 0.250 e. The summed E-state index contributed by atoms with van der Waals surface area (Å²) in [5.41, 5.74) is 9.73. The van der Waals surface area contributed by atoms with Crippen molar-refractivity contribution in [2.75, 3.05) is 28.7 Å². The van der Waals surface area contributed by atoms with E-state index in [1.165, 1.54) is 11.1 Å². The van der Waals surface area contributed by atoms with E-state index in [0.717, 1.165) is 65.2 Å². The highest BCUT2D eigenvalue weighted by Crippen LogP contribution is 2.26. The summed E-state index contributed by atoms with van der Waals surface area (Å²) in [5, 5.41) is 9.83. The van der Waals surface area contributed by atoms with Crippen molar-refractivity contribution in [3.8, 4) is 0 Å². The number of fused-ring (bicyclic) bond motifs is 1. The van der Waals surface area contributed by atoms with Gasteiger partial charge in [-0.3, -0.25) is 0 Å². The highest BCUT2D eigenvalue weighted by molar-refractivity contribution is 6.30. The monoisotopic (exact) mass is 578 g/mol. The Kier molecular flexibility index (Phi) is 8.06. The van der Waals surface area contributed by atoms with Crippen molar-refractivity contribution in [1.29, 1.82) is 0 Å². The minimum Gasteiger partial charge on any atom is -0.342 e. The molecule has 0 saturated carbocycles. The Hall–Kier alpha value is -4.43. The Bertz CT molecular complexity index is 1720. The molecule has 2 aromatic heterocycles. The Morgan fingerprint density at radius 3 is 2.50 bits per heavy atom. The molecule has 5 aromatic rings. The molecule has 0 bridgehead atoms. The molecule has 9 heteroatoms. The molecule has 1 fully saturated rings. The molecule has 1 aliphatic rings. The summed E-state index contributed by atoms with van der Waals surface area (Å²) in [5.74, 6) is 2.25. The number of rotatable bonds is 8. The number of hydrogen-bond acceptors (Lipinski definition) is 7.